The summed E-state index contributed by atoms with van der Waals surface area (Å²) in [6.07, 6.45) is 0.564. The molecule has 7 nitrogen and oxygen atoms in total. The number of aryl methyl sites for hydroxylation is 3. The Hall–Kier alpha value is -2.71. The van der Waals surface area contributed by atoms with E-state index in [1.165, 1.54) is 17.3 Å². The number of anilines is 1. The summed E-state index contributed by atoms with van der Waals surface area (Å²) in [4.78, 5) is 25.7. The van der Waals surface area contributed by atoms with Crippen LogP contribution < -0.4 is 5.32 Å². The van der Waals surface area contributed by atoms with E-state index in [0.717, 1.165) is 24.0 Å². The molecule has 1 N–H and O–H groups in total. The van der Waals surface area contributed by atoms with Crippen LogP contribution >= 0.6 is 0 Å². The molecule has 34 heavy (non-hydrogen) atoms. The largest absolute Gasteiger partial charge is 0.449 e. The molecule has 0 spiro atoms. The number of nitrogens with zero attached hydrogens (tertiary/aromatic N) is 1. The lowest BCUT2D eigenvalue weighted by Gasteiger charge is -2.30. The lowest BCUT2D eigenvalue weighted by Crippen LogP contribution is -2.38. The van der Waals surface area contributed by atoms with Crippen LogP contribution in [0.3, 0.4) is 0 Å². The zero-order chi connectivity index (χ0) is 25.2. The average molecular weight is 487 g/mol. The molecule has 0 radical (unpaired) electrons. The van der Waals surface area contributed by atoms with Crippen molar-refractivity contribution in [2.24, 2.45) is 5.92 Å². The highest BCUT2D eigenvalue weighted by atomic mass is 32.2. The van der Waals surface area contributed by atoms with E-state index in [1.807, 2.05) is 32.0 Å². The minimum atomic E-state index is -3.74. The van der Waals surface area contributed by atoms with Gasteiger partial charge in [0.2, 0.25) is 10.0 Å². The van der Waals surface area contributed by atoms with Crippen LogP contribution in [0.15, 0.2) is 35.2 Å². The summed E-state index contributed by atoms with van der Waals surface area (Å²) in [7, 11) is -3.74. The van der Waals surface area contributed by atoms with Crippen molar-refractivity contribution < 1.29 is 22.7 Å². The number of esters is 1. The van der Waals surface area contributed by atoms with E-state index in [9.17, 15) is 18.0 Å². The van der Waals surface area contributed by atoms with Crippen molar-refractivity contribution >= 4 is 27.6 Å². The molecule has 1 atom stereocenters. The Labute approximate surface area is 202 Å². The number of para-hydroxylation sites is 1. The maximum absolute atomic E-state index is 13.3. The third-order valence-electron chi connectivity index (χ3n) is 6.60. The zero-order valence-corrected chi connectivity index (χ0v) is 21.6. The van der Waals surface area contributed by atoms with Gasteiger partial charge >= 0.3 is 5.97 Å². The molecule has 1 aliphatic rings. The Morgan fingerprint density at radius 1 is 1.03 bits per heavy atom. The Morgan fingerprint density at radius 2 is 1.62 bits per heavy atom. The number of nitrogens with one attached hydrogen (secondary N) is 1. The van der Waals surface area contributed by atoms with Crippen LogP contribution in [0.25, 0.3) is 0 Å². The van der Waals surface area contributed by atoms with Crippen LogP contribution in [-0.2, 0) is 19.6 Å². The van der Waals surface area contributed by atoms with Gasteiger partial charge in [0.05, 0.1) is 10.5 Å². The lowest BCUT2D eigenvalue weighted by molar-refractivity contribution is -0.123. The summed E-state index contributed by atoms with van der Waals surface area (Å²) in [5.41, 5.74) is 3.89. The van der Waals surface area contributed by atoms with E-state index in [4.69, 9.17) is 4.74 Å². The van der Waals surface area contributed by atoms with Crippen molar-refractivity contribution in [3.05, 3.63) is 58.1 Å². The van der Waals surface area contributed by atoms with Crippen LogP contribution in [0.5, 0.6) is 0 Å². The minimum absolute atomic E-state index is 0.110. The maximum Gasteiger partial charge on any atom is 0.338 e. The second-order valence-electron chi connectivity index (χ2n) is 9.31. The van der Waals surface area contributed by atoms with Crippen LogP contribution in [0.4, 0.5) is 5.69 Å². The van der Waals surface area contributed by atoms with E-state index < -0.39 is 28.0 Å². The highest BCUT2D eigenvalue weighted by molar-refractivity contribution is 7.89. The lowest BCUT2D eigenvalue weighted by atomic mass is 10.0. The first-order valence-electron chi connectivity index (χ1n) is 11.6. The molecule has 2 aromatic rings. The second kappa shape index (κ2) is 10.3. The smallest absolute Gasteiger partial charge is 0.338 e. The molecule has 0 aliphatic carbocycles. The van der Waals surface area contributed by atoms with Crippen molar-refractivity contribution in [2.45, 2.75) is 65.4 Å². The number of sulfonamides is 1. The normalized spacial score (nSPS) is 16.2. The third-order valence-corrected chi connectivity index (χ3v) is 8.62. The predicted molar refractivity (Wildman–Crippen MR) is 132 cm³/mol. The van der Waals surface area contributed by atoms with Gasteiger partial charge in [0.1, 0.15) is 0 Å². The summed E-state index contributed by atoms with van der Waals surface area (Å²) >= 11 is 0. The van der Waals surface area contributed by atoms with Crippen LogP contribution in [0, 0.1) is 33.6 Å². The number of amides is 1. The van der Waals surface area contributed by atoms with Gasteiger partial charge in [-0.1, -0.05) is 25.1 Å². The minimum Gasteiger partial charge on any atom is -0.449 e. The number of piperidine rings is 1. The molecule has 1 fully saturated rings. The van der Waals surface area contributed by atoms with Gasteiger partial charge in [-0.15, -0.1) is 0 Å². The first kappa shape index (κ1) is 25.9. The number of ether oxygens (including phenoxy) is 1. The van der Waals surface area contributed by atoms with Crippen molar-refractivity contribution in [1.82, 2.24) is 4.31 Å². The number of rotatable bonds is 6. The molecule has 3 rings (SSSR count). The molecule has 2 aromatic carbocycles. The van der Waals surface area contributed by atoms with E-state index in [2.05, 4.69) is 12.2 Å². The van der Waals surface area contributed by atoms with Crippen molar-refractivity contribution in [1.29, 1.82) is 0 Å². The number of hydrogen-bond donors (Lipinski definition) is 1. The van der Waals surface area contributed by atoms with Gasteiger partial charge < -0.3 is 10.1 Å². The summed E-state index contributed by atoms with van der Waals surface area (Å²) in [6, 6.07) is 8.65. The first-order valence-corrected chi connectivity index (χ1v) is 13.0. The van der Waals surface area contributed by atoms with Crippen molar-refractivity contribution in [3.63, 3.8) is 0 Å². The molecule has 1 amide bonds. The number of hydrogen-bond acceptors (Lipinski definition) is 5. The average Bonchev–Trinajstić information content (AvgIpc) is 2.78. The van der Waals surface area contributed by atoms with Gasteiger partial charge in [0, 0.05) is 18.8 Å². The molecule has 0 saturated carbocycles. The first-order chi connectivity index (χ1) is 15.9. The monoisotopic (exact) mass is 486 g/mol. The van der Waals surface area contributed by atoms with Gasteiger partial charge in [0.25, 0.3) is 5.91 Å². The van der Waals surface area contributed by atoms with Gasteiger partial charge in [0.15, 0.2) is 6.10 Å². The van der Waals surface area contributed by atoms with Gasteiger partial charge in [-0.25, -0.2) is 13.2 Å². The molecule has 1 heterocycles. The number of benzene rings is 2. The standard InChI is InChI=1S/C26H34N2O5S/c1-16-10-12-28(13-11-16)34(31,32)23-15-22(14-19(4)20(23)5)26(30)33-21(6)25(29)27-24-17(2)8-7-9-18(24)3/h7-9,14-16,21H,10-13H2,1-6H3,(H,27,29). The molecule has 1 aliphatic heterocycles. The van der Waals surface area contributed by atoms with Crippen LogP contribution in [0.1, 0.15) is 59.3 Å². The Bertz CT molecular complexity index is 1180. The SMILES string of the molecule is Cc1cc(C(=O)OC(C)C(=O)Nc2c(C)cccc2C)cc(S(=O)(=O)N2CCC(C)CC2)c1C. The molecule has 1 unspecified atom stereocenters. The summed E-state index contributed by atoms with van der Waals surface area (Å²) < 4.78 is 33.6. The third kappa shape index (κ3) is 5.50. The molecular formula is C26H34N2O5S. The fourth-order valence-electron chi connectivity index (χ4n) is 4.10. The highest BCUT2D eigenvalue weighted by Crippen LogP contribution is 2.28. The summed E-state index contributed by atoms with van der Waals surface area (Å²) in [5.74, 6) is -0.701. The van der Waals surface area contributed by atoms with Gasteiger partial charge in [-0.3, -0.25) is 4.79 Å². The van der Waals surface area contributed by atoms with Crippen LogP contribution in [-0.4, -0.2) is 43.8 Å². The summed E-state index contributed by atoms with van der Waals surface area (Å²) in [5, 5.41) is 2.82. The zero-order valence-electron chi connectivity index (χ0n) is 20.8. The molecule has 1 saturated heterocycles. The highest BCUT2D eigenvalue weighted by Gasteiger charge is 2.31. The summed E-state index contributed by atoms with van der Waals surface area (Å²) in [6.45, 7) is 11.8. The quantitative estimate of drug-likeness (QED) is 0.606. The fraction of sp³-hybridized carbons (Fsp3) is 0.462. The Balaban J connectivity index is 1.80. The van der Waals surface area contributed by atoms with Gasteiger partial charge in [-0.05, 0) is 87.8 Å². The fourth-order valence-corrected chi connectivity index (χ4v) is 5.89. The predicted octanol–water partition coefficient (Wildman–Crippen LogP) is 4.52. The Morgan fingerprint density at radius 3 is 2.21 bits per heavy atom. The van der Waals surface area contributed by atoms with Gasteiger partial charge in [-0.2, -0.15) is 4.31 Å². The van der Waals surface area contributed by atoms with E-state index in [-0.39, 0.29) is 10.5 Å². The number of carbonyl (C=O) groups is 2. The molecule has 8 heteroatoms. The Kier molecular flexibility index (Phi) is 7.83. The molecule has 0 aromatic heterocycles. The molecule has 184 valence electrons. The topological polar surface area (TPSA) is 92.8 Å². The van der Waals surface area contributed by atoms with E-state index in [0.29, 0.717) is 35.8 Å². The van der Waals surface area contributed by atoms with Crippen molar-refractivity contribution in [2.75, 3.05) is 18.4 Å². The molecule has 0 bridgehead atoms. The number of carbonyl (C=O) groups excluding carboxylic acids is 2. The van der Waals surface area contributed by atoms with E-state index >= 15 is 0 Å². The maximum atomic E-state index is 13.3. The van der Waals surface area contributed by atoms with Crippen molar-refractivity contribution in [3.8, 4) is 0 Å². The second-order valence-corrected chi connectivity index (χ2v) is 11.2. The molecular weight excluding hydrogens is 452 g/mol. The van der Waals surface area contributed by atoms with E-state index in [1.54, 1.807) is 19.9 Å². The van der Waals surface area contributed by atoms with Crippen LogP contribution in [0.2, 0.25) is 0 Å².